The van der Waals surface area contributed by atoms with Gasteiger partial charge in [-0.1, -0.05) is 17.7 Å². The van der Waals surface area contributed by atoms with E-state index in [0.717, 1.165) is 31.7 Å². The average Bonchev–Trinajstić information content (AvgIpc) is 2.79. The van der Waals surface area contributed by atoms with Gasteiger partial charge < -0.3 is 4.90 Å². The molecule has 3 nitrogen and oxygen atoms in total. The Kier molecular flexibility index (Phi) is 4.20. The summed E-state index contributed by atoms with van der Waals surface area (Å²) in [5.41, 5.74) is 2.14. The van der Waals surface area contributed by atoms with E-state index in [1.807, 2.05) is 23.1 Å². The van der Waals surface area contributed by atoms with Gasteiger partial charge in [-0.3, -0.25) is 9.69 Å². The first-order chi connectivity index (χ1) is 9.69. The maximum absolute atomic E-state index is 12.4. The normalized spacial score (nSPS) is 22.3. The lowest BCUT2D eigenvalue weighted by Crippen LogP contribution is -2.40. The highest BCUT2D eigenvalue weighted by Crippen LogP contribution is 2.33. The highest BCUT2D eigenvalue weighted by Gasteiger charge is 2.33. The monoisotopic (exact) mass is 312 g/mol. The summed E-state index contributed by atoms with van der Waals surface area (Å²) in [6.45, 7) is 2.77. The Morgan fingerprint density at radius 2 is 2.25 bits per heavy atom. The standard InChI is InChI=1S/C15H18Cl2N2O/c16-6-5-15(20)19-10-13-2-1-7-18(13)9-11-3-4-12(17)8-14(11)19/h3-4,8,13H,1-2,5-7,9-10H2. The van der Waals surface area contributed by atoms with Crippen molar-refractivity contribution in [2.75, 3.05) is 23.9 Å². The lowest BCUT2D eigenvalue weighted by molar-refractivity contribution is -0.118. The maximum Gasteiger partial charge on any atom is 0.228 e. The second-order valence-electron chi connectivity index (χ2n) is 5.48. The lowest BCUT2D eigenvalue weighted by Gasteiger charge is -2.26. The fraction of sp³-hybridized carbons (Fsp3) is 0.533. The molecule has 5 heteroatoms. The zero-order chi connectivity index (χ0) is 14.1. The molecule has 108 valence electrons. The number of fused-ring (bicyclic) bond motifs is 2. The van der Waals surface area contributed by atoms with Gasteiger partial charge in [0, 0.05) is 42.1 Å². The van der Waals surface area contributed by atoms with Crippen LogP contribution in [0.2, 0.25) is 5.02 Å². The Bertz CT molecular complexity index is 521. The summed E-state index contributed by atoms with van der Waals surface area (Å²) in [4.78, 5) is 16.8. The van der Waals surface area contributed by atoms with Gasteiger partial charge in [-0.15, -0.1) is 11.6 Å². The molecule has 3 rings (SSSR count). The molecule has 2 aliphatic heterocycles. The van der Waals surface area contributed by atoms with Crippen LogP contribution in [0.4, 0.5) is 5.69 Å². The molecule has 0 N–H and O–H groups in total. The van der Waals surface area contributed by atoms with Crippen molar-refractivity contribution in [2.45, 2.75) is 31.8 Å². The highest BCUT2D eigenvalue weighted by atomic mass is 35.5. The Labute approximate surface area is 129 Å². The largest absolute Gasteiger partial charge is 0.310 e. The fourth-order valence-electron chi connectivity index (χ4n) is 3.21. The van der Waals surface area contributed by atoms with E-state index in [9.17, 15) is 4.79 Å². The molecule has 1 saturated heterocycles. The summed E-state index contributed by atoms with van der Waals surface area (Å²) in [6, 6.07) is 6.31. The number of rotatable bonds is 2. The van der Waals surface area contributed by atoms with Crippen LogP contribution in [-0.2, 0) is 11.3 Å². The van der Waals surface area contributed by atoms with Crippen molar-refractivity contribution in [3.63, 3.8) is 0 Å². The number of halogens is 2. The Morgan fingerprint density at radius 1 is 1.40 bits per heavy atom. The number of amides is 1. The summed E-state index contributed by atoms with van der Waals surface area (Å²) in [7, 11) is 0. The minimum atomic E-state index is 0.0947. The number of anilines is 1. The van der Waals surface area contributed by atoms with E-state index in [0.29, 0.717) is 23.4 Å². The molecule has 1 fully saturated rings. The van der Waals surface area contributed by atoms with Crippen molar-refractivity contribution in [1.82, 2.24) is 4.90 Å². The minimum Gasteiger partial charge on any atom is -0.310 e. The first-order valence-electron chi connectivity index (χ1n) is 7.08. The van der Waals surface area contributed by atoms with Crippen molar-refractivity contribution in [2.24, 2.45) is 0 Å². The summed E-state index contributed by atoms with van der Waals surface area (Å²) < 4.78 is 0. The second-order valence-corrected chi connectivity index (χ2v) is 6.30. The van der Waals surface area contributed by atoms with E-state index in [4.69, 9.17) is 23.2 Å². The van der Waals surface area contributed by atoms with Gasteiger partial charge in [0.15, 0.2) is 0 Å². The molecule has 1 aromatic carbocycles. The summed E-state index contributed by atoms with van der Waals surface area (Å²) in [5.74, 6) is 0.455. The highest BCUT2D eigenvalue weighted by molar-refractivity contribution is 6.31. The number of benzene rings is 1. The quantitative estimate of drug-likeness (QED) is 0.782. The number of carbonyl (C=O) groups excluding carboxylic acids is 1. The fourth-order valence-corrected chi connectivity index (χ4v) is 3.54. The predicted molar refractivity (Wildman–Crippen MR) is 82.6 cm³/mol. The van der Waals surface area contributed by atoms with Crippen molar-refractivity contribution < 1.29 is 4.79 Å². The zero-order valence-corrected chi connectivity index (χ0v) is 12.8. The maximum atomic E-state index is 12.4. The summed E-state index contributed by atoms with van der Waals surface area (Å²) in [6.07, 6.45) is 2.75. The molecular formula is C15H18Cl2N2O. The Hall–Kier alpha value is -0.770. The van der Waals surface area contributed by atoms with Crippen LogP contribution in [0.1, 0.15) is 24.8 Å². The molecule has 1 aromatic rings. The molecule has 0 radical (unpaired) electrons. The molecule has 1 unspecified atom stereocenters. The van der Waals surface area contributed by atoms with Crippen molar-refractivity contribution in [3.05, 3.63) is 28.8 Å². The van der Waals surface area contributed by atoms with Gasteiger partial charge in [0.05, 0.1) is 0 Å². The Morgan fingerprint density at radius 3 is 3.05 bits per heavy atom. The number of nitrogens with zero attached hydrogens (tertiary/aromatic N) is 2. The van der Waals surface area contributed by atoms with Gasteiger partial charge in [-0.2, -0.15) is 0 Å². The van der Waals surface area contributed by atoms with Gasteiger partial charge in [0.1, 0.15) is 0 Å². The van der Waals surface area contributed by atoms with Crippen LogP contribution in [0.25, 0.3) is 0 Å². The van der Waals surface area contributed by atoms with E-state index >= 15 is 0 Å². The van der Waals surface area contributed by atoms with Crippen LogP contribution < -0.4 is 4.90 Å². The smallest absolute Gasteiger partial charge is 0.228 e. The van der Waals surface area contributed by atoms with Crippen molar-refractivity contribution >= 4 is 34.8 Å². The van der Waals surface area contributed by atoms with Crippen LogP contribution in [-0.4, -0.2) is 35.8 Å². The number of carbonyl (C=O) groups is 1. The molecule has 0 aliphatic carbocycles. The van der Waals surface area contributed by atoms with Crippen LogP contribution >= 0.6 is 23.2 Å². The third-order valence-corrected chi connectivity index (χ3v) is 4.64. The second kappa shape index (κ2) is 5.92. The third-order valence-electron chi connectivity index (χ3n) is 4.21. The van der Waals surface area contributed by atoms with E-state index in [1.54, 1.807) is 0 Å². The third kappa shape index (κ3) is 2.67. The molecule has 2 aliphatic rings. The molecule has 0 bridgehead atoms. The molecule has 20 heavy (non-hydrogen) atoms. The number of hydrogen-bond acceptors (Lipinski definition) is 2. The van der Waals surface area contributed by atoms with Crippen LogP contribution in [0.5, 0.6) is 0 Å². The van der Waals surface area contributed by atoms with Crippen LogP contribution in [0.15, 0.2) is 18.2 Å². The van der Waals surface area contributed by atoms with Gasteiger partial charge >= 0.3 is 0 Å². The van der Waals surface area contributed by atoms with Gasteiger partial charge in [-0.05, 0) is 37.1 Å². The van der Waals surface area contributed by atoms with E-state index in [2.05, 4.69) is 4.90 Å². The van der Waals surface area contributed by atoms with Crippen molar-refractivity contribution in [3.8, 4) is 0 Å². The summed E-state index contributed by atoms with van der Waals surface area (Å²) >= 11 is 11.9. The Balaban J connectivity index is 1.99. The average molecular weight is 313 g/mol. The molecule has 2 heterocycles. The summed E-state index contributed by atoms with van der Waals surface area (Å²) in [5, 5.41) is 0.675. The van der Waals surface area contributed by atoms with Gasteiger partial charge in [0.2, 0.25) is 5.91 Å². The van der Waals surface area contributed by atoms with Crippen LogP contribution in [0, 0.1) is 0 Å². The van der Waals surface area contributed by atoms with Gasteiger partial charge in [-0.25, -0.2) is 0 Å². The van der Waals surface area contributed by atoms with E-state index in [-0.39, 0.29) is 5.91 Å². The van der Waals surface area contributed by atoms with Gasteiger partial charge in [0.25, 0.3) is 0 Å². The van der Waals surface area contributed by atoms with E-state index < -0.39 is 0 Å². The number of alkyl halides is 1. The molecule has 1 amide bonds. The lowest BCUT2D eigenvalue weighted by atomic mass is 10.1. The van der Waals surface area contributed by atoms with Crippen LogP contribution in [0.3, 0.4) is 0 Å². The molecule has 1 atom stereocenters. The van der Waals surface area contributed by atoms with Crippen molar-refractivity contribution in [1.29, 1.82) is 0 Å². The minimum absolute atomic E-state index is 0.0947. The molecule has 0 aromatic heterocycles. The molecular weight excluding hydrogens is 295 g/mol. The predicted octanol–water partition coefficient (Wildman–Crippen LogP) is 3.28. The number of hydrogen-bond donors (Lipinski definition) is 0. The molecule has 0 saturated carbocycles. The first kappa shape index (κ1) is 14.2. The van der Waals surface area contributed by atoms with E-state index in [1.165, 1.54) is 12.0 Å². The first-order valence-corrected chi connectivity index (χ1v) is 7.99. The SMILES string of the molecule is O=C(CCCl)N1CC2CCCN2Cc2ccc(Cl)cc21. The molecule has 0 spiro atoms. The zero-order valence-electron chi connectivity index (χ0n) is 11.3. The topological polar surface area (TPSA) is 23.6 Å².